The van der Waals surface area contributed by atoms with E-state index in [0.717, 1.165) is 51.4 Å². The van der Waals surface area contributed by atoms with Crippen LogP contribution in [0.1, 0.15) is 62.8 Å². The van der Waals surface area contributed by atoms with Gasteiger partial charge in [0.05, 0.1) is 5.54 Å². The molecule has 114 valence electrons. The highest BCUT2D eigenvalue weighted by molar-refractivity contribution is 5.86. The third kappa shape index (κ3) is 3.29. The van der Waals surface area contributed by atoms with Crippen molar-refractivity contribution in [3.63, 3.8) is 0 Å². The van der Waals surface area contributed by atoms with Gasteiger partial charge in [0.25, 0.3) is 0 Å². The van der Waals surface area contributed by atoms with Gasteiger partial charge in [0.2, 0.25) is 5.91 Å². The van der Waals surface area contributed by atoms with Crippen molar-refractivity contribution in [3.8, 4) is 0 Å². The Morgan fingerprint density at radius 2 is 1.67 bits per heavy atom. The summed E-state index contributed by atoms with van der Waals surface area (Å²) in [5.74, 6) is 0.737. The molecule has 0 unspecified atom stereocenters. The minimum atomic E-state index is -0.587. The van der Waals surface area contributed by atoms with E-state index in [-0.39, 0.29) is 5.91 Å². The summed E-state index contributed by atoms with van der Waals surface area (Å²) in [6, 6.07) is 11.0. The van der Waals surface area contributed by atoms with Gasteiger partial charge >= 0.3 is 0 Å². The number of hydrogen-bond acceptors (Lipinski definition) is 2. The molecule has 2 aliphatic rings. The van der Waals surface area contributed by atoms with Crippen LogP contribution in [0.25, 0.3) is 0 Å². The van der Waals surface area contributed by atoms with Crippen molar-refractivity contribution in [2.45, 2.75) is 68.9 Å². The second-order valence-corrected chi connectivity index (χ2v) is 6.80. The third-order valence-corrected chi connectivity index (χ3v) is 5.28. The summed E-state index contributed by atoms with van der Waals surface area (Å²) in [5.41, 5.74) is 7.08. The fraction of sp³-hybridized carbons (Fsp3) is 0.611. The van der Waals surface area contributed by atoms with Gasteiger partial charge in [-0.2, -0.15) is 0 Å². The van der Waals surface area contributed by atoms with E-state index in [4.69, 9.17) is 5.73 Å². The topological polar surface area (TPSA) is 55.1 Å². The van der Waals surface area contributed by atoms with Crippen LogP contribution in [0.15, 0.2) is 30.3 Å². The maximum atomic E-state index is 12.4. The number of nitrogens with two attached hydrogens (primary N) is 1. The van der Waals surface area contributed by atoms with Crippen LogP contribution >= 0.6 is 0 Å². The zero-order valence-electron chi connectivity index (χ0n) is 12.7. The zero-order chi connectivity index (χ0) is 14.7. The van der Waals surface area contributed by atoms with Gasteiger partial charge < -0.3 is 11.1 Å². The lowest BCUT2D eigenvalue weighted by Gasteiger charge is -2.32. The Morgan fingerprint density at radius 3 is 2.29 bits per heavy atom. The molecule has 1 aromatic rings. The van der Waals surface area contributed by atoms with Crippen LogP contribution in [0.2, 0.25) is 0 Å². The molecule has 0 heterocycles. The largest absolute Gasteiger partial charge is 0.352 e. The molecule has 0 bridgehead atoms. The Bertz CT molecular complexity index is 471. The van der Waals surface area contributed by atoms with E-state index in [1.807, 2.05) is 0 Å². The number of rotatable bonds is 3. The molecule has 3 nitrogen and oxygen atoms in total. The molecule has 21 heavy (non-hydrogen) atoms. The molecular formula is C18H26N2O. The van der Waals surface area contributed by atoms with Crippen LogP contribution in [-0.2, 0) is 4.79 Å². The number of carbonyl (C=O) groups excluding carboxylic acids is 1. The first-order valence-corrected chi connectivity index (χ1v) is 8.32. The Kier molecular flexibility index (Phi) is 4.29. The fourth-order valence-corrected chi connectivity index (χ4v) is 3.86. The molecule has 0 aliphatic heterocycles. The molecule has 1 amide bonds. The molecule has 2 saturated carbocycles. The van der Waals surface area contributed by atoms with Crippen molar-refractivity contribution < 1.29 is 4.79 Å². The quantitative estimate of drug-likeness (QED) is 0.897. The lowest BCUT2D eigenvalue weighted by Crippen LogP contribution is -2.54. The van der Waals surface area contributed by atoms with Gasteiger partial charge in [0.15, 0.2) is 0 Å². The molecule has 0 saturated heterocycles. The second-order valence-electron chi connectivity index (χ2n) is 6.80. The molecule has 3 rings (SSSR count). The molecule has 0 radical (unpaired) electrons. The van der Waals surface area contributed by atoms with Crippen LogP contribution in [0.5, 0.6) is 0 Å². The van der Waals surface area contributed by atoms with Gasteiger partial charge in [-0.1, -0.05) is 43.2 Å². The summed E-state index contributed by atoms with van der Waals surface area (Å²) in [6.07, 6.45) is 8.33. The van der Waals surface area contributed by atoms with Gasteiger partial charge in [0.1, 0.15) is 0 Å². The molecule has 3 heteroatoms. The van der Waals surface area contributed by atoms with Crippen molar-refractivity contribution in [2.75, 3.05) is 0 Å². The van der Waals surface area contributed by atoms with E-state index in [1.165, 1.54) is 5.56 Å². The average Bonchev–Trinajstić information content (AvgIpc) is 2.97. The third-order valence-electron chi connectivity index (χ3n) is 5.28. The molecule has 2 fully saturated rings. The van der Waals surface area contributed by atoms with Gasteiger partial charge in [-0.25, -0.2) is 0 Å². The lowest BCUT2D eigenvalue weighted by molar-refractivity contribution is -0.127. The Labute approximate surface area is 127 Å². The maximum absolute atomic E-state index is 12.4. The minimum Gasteiger partial charge on any atom is -0.352 e. The van der Waals surface area contributed by atoms with Crippen molar-refractivity contribution in [1.29, 1.82) is 0 Å². The predicted octanol–water partition coefficient (Wildman–Crippen LogP) is 3.10. The molecule has 0 spiro atoms. The summed E-state index contributed by atoms with van der Waals surface area (Å²) < 4.78 is 0. The maximum Gasteiger partial charge on any atom is 0.240 e. The Balaban J connectivity index is 1.51. The van der Waals surface area contributed by atoms with Crippen molar-refractivity contribution >= 4 is 5.91 Å². The van der Waals surface area contributed by atoms with E-state index >= 15 is 0 Å². The smallest absolute Gasteiger partial charge is 0.240 e. The molecule has 1 aromatic carbocycles. The Hall–Kier alpha value is -1.35. The van der Waals surface area contributed by atoms with Crippen LogP contribution in [0.3, 0.4) is 0 Å². The lowest BCUT2D eigenvalue weighted by atomic mass is 9.81. The van der Waals surface area contributed by atoms with Crippen molar-refractivity contribution in [3.05, 3.63) is 35.9 Å². The normalized spacial score (nSPS) is 28.2. The first-order chi connectivity index (χ1) is 10.2. The standard InChI is InChI=1S/C18H26N2O/c19-18(12-4-5-13-18)17(21)20-16-10-8-15(9-11-16)14-6-2-1-3-7-14/h1-3,6-7,15-16H,4-5,8-13,19H2,(H,20,21). The monoisotopic (exact) mass is 286 g/mol. The van der Waals surface area contributed by atoms with E-state index in [1.54, 1.807) is 0 Å². The number of carbonyl (C=O) groups is 1. The summed E-state index contributed by atoms with van der Waals surface area (Å²) in [4.78, 5) is 12.4. The van der Waals surface area contributed by atoms with Crippen LogP contribution in [0.4, 0.5) is 0 Å². The predicted molar refractivity (Wildman–Crippen MR) is 85.0 cm³/mol. The summed E-state index contributed by atoms with van der Waals surface area (Å²) >= 11 is 0. The second kappa shape index (κ2) is 6.18. The first kappa shape index (κ1) is 14.6. The first-order valence-electron chi connectivity index (χ1n) is 8.32. The molecule has 3 N–H and O–H groups in total. The van der Waals surface area contributed by atoms with E-state index < -0.39 is 5.54 Å². The Morgan fingerprint density at radius 1 is 1.05 bits per heavy atom. The van der Waals surface area contributed by atoms with Gasteiger partial charge in [-0.15, -0.1) is 0 Å². The molecule has 2 aliphatic carbocycles. The van der Waals surface area contributed by atoms with Gasteiger partial charge in [0, 0.05) is 6.04 Å². The number of benzene rings is 1. The van der Waals surface area contributed by atoms with E-state index in [2.05, 4.69) is 35.6 Å². The van der Waals surface area contributed by atoms with Crippen LogP contribution < -0.4 is 11.1 Å². The summed E-state index contributed by atoms with van der Waals surface area (Å²) in [5, 5.41) is 3.21. The van der Waals surface area contributed by atoms with Gasteiger partial charge in [-0.05, 0) is 50.0 Å². The highest BCUT2D eigenvalue weighted by Crippen LogP contribution is 2.33. The summed E-state index contributed by atoms with van der Waals surface area (Å²) in [7, 11) is 0. The SMILES string of the molecule is NC1(C(=O)NC2CCC(c3ccccc3)CC2)CCCC1. The van der Waals surface area contributed by atoms with E-state index in [0.29, 0.717) is 12.0 Å². The van der Waals surface area contributed by atoms with Crippen molar-refractivity contribution in [1.82, 2.24) is 5.32 Å². The average molecular weight is 286 g/mol. The van der Waals surface area contributed by atoms with Crippen LogP contribution in [0, 0.1) is 0 Å². The minimum absolute atomic E-state index is 0.0863. The molecular weight excluding hydrogens is 260 g/mol. The molecule has 0 aromatic heterocycles. The number of nitrogens with one attached hydrogen (secondary N) is 1. The van der Waals surface area contributed by atoms with Gasteiger partial charge in [-0.3, -0.25) is 4.79 Å². The molecule has 0 atom stereocenters. The zero-order valence-corrected chi connectivity index (χ0v) is 12.7. The van der Waals surface area contributed by atoms with Crippen LogP contribution in [-0.4, -0.2) is 17.5 Å². The van der Waals surface area contributed by atoms with E-state index in [9.17, 15) is 4.79 Å². The summed E-state index contributed by atoms with van der Waals surface area (Å²) in [6.45, 7) is 0. The van der Waals surface area contributed by atoms with Crippen molar-refractivity contribution in [2.24, 2.45) is 5.73 Å². The fourth-order valence-electron chi connectivity index (χ4n) is 3.86. The highest BCUT2D eigenvalue weighted by Gasteiger charge is 2.38. The number of amides is 1. The highest BCUT2D eigenvalue weighted by atomic mass is 16.2. The number of hydrogen-bond donors (Lipinski definition) is 2.